The number of aromatic nitrogens is 3. The van der Waals surface area contributed by atoms with Crippen molar-refractivity contribution in [2.45, 2.75) is 23.4 Å². The molecule has 20 heavy (non-hydrogen) atoms. The van der Waals surface area contributed by atoms with Crippen molar-refractivity contribution in [1.29, 1.82) is 0 Å². The number of nitrogens with one attached hydrogen (secondary N) is 3. The molecule has 0 saturated heterocycles. The summed E-state index contributed by atoms with van der Waals surface area (Å²) in [6, 6.07) is 7.61. The molecule has 2 aromatic rings. The fourth-order valence-electron chi connectivity index (χ4n) is 1.55. The van der Waals surface area contributed by atoms with Gasteiger partial charge in [0.05, 0.1) is 6.54 Å². The van der Waals surface area contributed by atoms with Crippen LogP contribution >= 0.6 is 11.8 Å². The minimum atomic E-state index is -0.0333. The van der Waals surface area contributed by atoms with E-state index in [9.17, 15) is 4.79 Å². The number of carbonyl (C=O) groups is 1. The summed E-state index contributed by atoms with van der Waals surface area (Å²) in [5, 5.41) is 13.2. The summed E-state index contributed by atoms with van der Waals surface area (Å²) < 4.78 is 0. The van der Waals surface area contributed by atoms with Gasteiger partial charge in [0.2, 0.25) is 5.91 Å². The third kappa shape index (κ3) is 4.67. The van der Waals surface area contributed by atoms with Crippen LogP contribution in [0.15, 0.2) is 40.6 Å². The van der Waals surface area contributed by atoms with Crippen LogP contribution in [0.2, 0.25) is 0 Å². The van der Waals surface area contributed by atoms with E-state index in [1.165, 1.54) is 18.1 Å². The molecular formula is C13H17N5OS. The maximum absolute atomic E-state index is 11.6. The molecule has 0 radical (unpaired) electrons. The van der Waals surface area contributed by atoms with E-state index in [0.29, 0.717) is 6.54 Å². The molecule has 0 spiro atoms. The van der Waals surface area contributed by atoms with E-state index in [4.69, 9.17) is 0 Å². The highest BCUT2D eigenvalue weighted by Crippen LogP contribution is 2.24. The third-order valence-corrected chi connectivity index (χ3v) is 3.36. The van der Waals surface area contributed by atoms with Gasteiger partial charge < -0.3 is 10.6 Å². The first-order chi connectivity index (χ1) is 9.78. The number of carbonyl (C=O) groups excluding carboxylic acids is 1. The van der Waals surface area contributed by atoms with Gasteiger partial charge in [0.15, 0.2) is 5.16 Å². The Morgan fingerprint density at radius 1 is 1.35 bits per heavy atom. The van der Waals surface area contributed by atoms with Crippen molar-refractivity contribution in [2.75, 3.05) is 18.4 Å². The highest BCUT2D eigenvalue weighted by molar-refractivity contribution is 7.99. The zero-order valence-electron chi connectivity index (χ0n) is 11.2. The second kappa shape index (κ2) is 7.66. The van der Waals surface area contributed by atoms with Gasteiger partial charge in [0.25, 0.3) is 0 Å². The molecule has 0 atom stereocenters. The van der Waals surface area contributed by atoms with Crippen molar-refractivity contribution in [3.05, 3.63) is 30.6 Å². The molecule has 0 saturated carbocycles. The lowest BCUT2D eigenvalue weighted by atomic mass is 10.3. The van der Waals surface area contributed by atoms with Gasteiger partial charge in [-0.3, -0.25) is 9.89 Å². The first kappa shape index (κ1) is 14.5. The summed E-state index contributed by atoms with van der Waals surface area (Å²) in [6.07, 6.45) is 2.49. The minimum Gasteiger partial charge on any atom is -0.325 e. The smallest absolute Gasteiger partial charge is 0.238 e. The van der Waals surface area contributed by atoms with E-state index in [-0.39, 0.29) is 5.91 Å². The van der Waals surface area contributed by atoms with Crippen molar-refractivity contribution in [1.82, 2.24) is 20.5 Å². The molecule has 0 fully saturated rings. The Hall–Kier alpha value is -1.86. The largest absolute Gasteiger partial charge is 0.325 e. The minimum absolute atomic E-state index is 0.0333. The van der Waals surface area contributed by atoms with Gasteiger partial charge in [-0.05, 0) is 37.2 Å². The topological polar surface area (TPSA) is 82.7 Å². The van der Waals surface area contributed by atoms with Crippen molar-refractivity contribution in [2.24, 2.45) is 0 Å². The summed E-state index contributed by atoms with van der Waals surface area (Å²) in [5.41, 5.74) is 0.787. The van der Waals surface area contributed by atoms with Gasteiger partial charge in [0, 0.05) is 10.6 Å². The van der Waals surface area contributed by atoms with Crippen molar-refractivity contribution in [3.63, 3.8) is 0 Å². The van der Waals surface area contributed by atoms with Crippen LogP contribution in [0.25, 0.3) is 0 Å². The van der Waals surface area contributed by atoms with Gasteiger partial charge in [-0.25, -0.2) is 4.98 Å². The molecule has 6 nitrogen and oxygen atoms in total. The SMILES string of the molecule is CCCNCC(=O)Nc1ccc(Sc2ncn[nH]2)cc1. The third-order valence-electron chi connectivity index (χ3n) is 2.46. The van der Waals surface area contributed by atoms with Gasteiger partial charge in [-0.2, -0.15) is 5.10 Å². The fraction of sp³-hybridized carbons (Fsp3) is 0.308. The van der Waals surface area contributed by atoms with Crippen LogP contribution in [0, 0.1) is 0 Å². The Balaban J connectivity index is 1.83. The highest BCUT2D eigenvalue weighted by Gasteiger charge is 2.03. The molecule has 2 rings (SSSR count). The Bertz CT molecular complexity index is 526. The van der Waals surface area contributed by atoms with E-state index >= 15 is 0 Å². The lowest BCUT2D eigenvalue weighted by molar-refractivity contribution is -0.115. The number of aromatic amines is 1. The Morgan fingerprint density at radius 2 is 2.15 bits per heavy atom. The maximum atomic E-state index is 11.6. The van der Waals surface area contributed by atoms with Crippen LogP contribution in [0.5, 0.6) is 0 Å². The standard InChI is InChI=1S/C13H17N5OS/c1-2-7-14-8-12(19)17-10-3-5-11(6-4-10)20-13-15-9-16-18-13/h3-6,9,14H,2,7-8H2,1H3,(H,17,19)(H,15,16,18). The normalized spacial score (nSPS) is 10.4. The lowest BCUT2D eigenvalue weighted by Gasteiger charge is -2.06. The zero-order chi connectivity index (χ0) is 14.2. The highest BCUT2D eigenvalue weighted by atomic mass is 32.2. The summed E-state index contributed by atoms with van der Waals surface area (Å²) in [5.74, 6) is -0.0333. The monoisotopic (exact) mass is 291 g/mol. The van der Waals surface area contributed by atoms with Crippen LogP contribution < -0.4 is 10.6 Å². The lowest BCUT2D eigenvalue weighted by Crippen LogP contribution is -2.28. The van der Waals surface area contributed by atoms with E-state index < -0.39 is 0 Å². The van der Waals surface area contributed by atoms with E-state index in [2.05, 4.69) is 32.7 Å². The first-order valence-corrected chi connectivity index (χ1v) is 7.23. The fourth-order valence-corrected chi connectivity index (χ4v) is 2.24. The second-order valence-corrected chi connectivity index (χ2v) is 5.20. The number of amides is 1. The first-order valence-electron chi connectivity index (χ1n) is 6.42. The molecule has 1 heterocycles. The molecular weight excluding hydrogens is 274 g/mol. The quantitative estimate of drug-likeness (QED) is 0.679. The van der Waals surface area contributed by atoms with Crippen LogP contribution in [0.3, 0.4) is 0 Å². The summed E-state index contributed by atoms with van der Waals surface area (Å²) in [4.78, 5) is 16.7. The molecule has 0 aliphatic carbocycles. The van der Waals surface area contributed by atoms with Gasteiger partial charge in [0.1, 0.15) is 6.33 Å². The average Bonchev–Trinajstić information content (AvgIpc) is 2.94. The van der Waals surface area contributed by atoms with E-state index in [0.717, 1.165) is 28.7 Å². The number of anilines is 1. The molecule has 1 aromatic carbocycles. The predicted octanol–water partition coefficient (Wildman–Crippen LogP) is 1.89. The zero-order valence-corrected chi connectivity index (χ0v) is 12.0. The number of hydrogen-bond donors (Lipinski definition) is 3. The van der Waals surface area contributed by atoms with Gasteiger partial charge in [-0.15, -0.1) is 0 Å². The van der Waals surface area contributed by atoms with Crippen LogP contribution in [-0.2, 0) is 4.79 Å². The molecule has 3 N–H and O–H groups in total. The second-order valence-electron chi connectivity index (χ2n) is 4.14. The van der Waals surface area contributed by atoms with E-state index in [1.807, 2.05) is 24.3 Å². The Morgan fingerprint density at radius 3 is 2.80 bits per heavy atom. The van der Waals surface area contributed by atoms with Crippen molar-refractivity contribution in [3.8, 4) is 0 Å². The maximum Gasteiger partial charge on any atom is 0.238 e. The number of hydrogen-bond acceptors (Lipinski definition) is 5. The molecule has 0 aliphatic heterocycles. The van der Waals surface area contributed by atoms with Crippen LogP contribution in [0.4, 0.5) is 5.69 Å². The van der Waals surface area contributed by atoms with E-state index in [1.54, 1.807) is 0 Å². The van der Waals surface area contributed by atoms with Crippen molar-refractivity contribution >= 4 is 23.4 Å². The molecule has 0 unspecified atom stereocenters. The average molecular weight is 291 g/mol. The molecule has 7 heteroatoms. The number of rotatable bonds is 7. The Labute approximate surface area is 121 Å². The Kier molecular flexibility index (Phi) is 5.57. The number of nitrogens with zero attached hydrogens (tertiary/aromatic N) is 2. The predicted molar refractivity (Wildman–Crippen MR) is 78.7 cm³/mol. The molecule has 106 valence electrons. The molecule has 1 amide bonds. The van der Waals surface area contributed by atoms with Crippen LogP contribution in [0.1, 0.15) is 13.3 Å². The summed E-state index contributed by atoms with van der Waals surface area (Å²) >= 11 is 1.48. The summed E-state index contributed by atoms with van der Waals surface area (Å²) in [7, 11) is 0. The number of H-pyrrole nitrogens is 1. The van der Waals surface area contributed by atoms with Gasteiger partial charge >= 0.3 is 0 Å². The van der Waals surface area contributed by atoms with Gasteiger partial charge in [-0.1, -0.05) is 18.7 Å². The molecule has 1 aromatic heterocycles. The summed E-state index contributed by atoms with van der Waals surface area (Å²) in [6.45, 7) is 3.25. The van der Waals surface area contributed by atoms with Crippen LogP contribution in [-0.4, -0.2) is 34.2 Å². The molecule has 0 bridgehead atoms. The molecule has 0 aliphatic rings. The van der Waals surface area contributed by atoms with Crippen molar-refractivity contribution < 1.29 is 4.79 Å². The number of benzene rings is 1.